The molecule has 1 aromatic carbocycles. The highest BCUT2D eigenvalue weighted by Crippen LogP contribution is 2.27. The first kappa shape index (κ1) is 15.1. The molecule has 0 radical (unpaired) electrons. The molecule has 1 amide bonds. The number of pyridine rings is 1. The smallest absolute Gasteiger partial charge is 0.257 e. The first-order valence-electron chi connectivity index (χ1n) is 5.61. The first-order chi connectivity index (χ1) is 9.51. The van der Waals surface area contributed by atoms with Gasteiger partial charge in [-0.3, -0.25) is 4.79 Å². The number of amides is 1. The quantitative estimate of drug-likeness (QED) is 0.834. The van der Waals surface area contributed by atoms with Gasteiger partial charge in [-0.2, -0.15) is 0 Å². The highest BCUT2D eigenvalue weighted by molar-refractivity contribution is 9.10. The summed E-state index contributed by atoms with van der Waals surface area (Å²) < 4.78 is 0.737. The minimum absolute atomic E-state index is 0.315. The maximum atomic E-state index is 12.1. The lowest BCUT2D eigenvalue weighted by Crippen LogP contribution is -2.13. The van der Waals surface area contributed by atoms with Gasteiger partial charge in [0.15, 0.2) is 0 Å². The molecule has 2 rings (SSSR count). The Morgan fingerprint density at radius 1 is 1.30 bits per heavy atom. The molecule has 104 valence electrons. The van der Waals surface area contributed by atoms with Crippen molar-refractivity contribution >= 4 is 56.5 Å². The molecule has 0 atom stereocenters. The summed E-state index contributed by atoms with van der Waals surface area (Å²) in [5.74, 6) is 0.206. The highest BCUT2D eigenvalue weighted by atomic mass is 79.9. The van der Waals surface area contributed by atoms with Crippen LogP contribution in [0.1, 0.15) is 10.4 Å². The van der Waals surface area contributed by atoms with E-state index in [2.05, 4.69) is 31.5 Å². The topological polar surface area (TPSA) is 54.0 Å². The van der Waals surface area contributed by atoms with Gasteiger partial charge < -0.3 is 10.6 Å². The largest absolute Gasteiger partial charge is 0.372 e. The van der Waals surface area contributed by atoms with Crippen molar-refractivity contribution in [3.63, 3.8) is 0 Å². The van der Waals surface area contributed by atoms with Crippen LogP contribution in [0.3, 0.4) is 0 Å². The van der Waals surface area contributed by atoms with Crippen molar-refractivity contribution in [2.24, 2.45) is 0 Å². The van der Waals surface area contributed by atoms with Gasteiger partial charge in [0.05, 0.1) is 16.3 Å². The van der Waals surface area contributed by atoms with Crippen LogP contribution in [-0.4, -0.2) is 17.9 Å². The Morgan fingerprint density at radius 2 is 2.05 bits per heavy atom. The number of hydrogen-bond donors (Lipinski definition) is 2. The fourth-order valence-corrected chi connectivity index (χ4v) is 2.31. The average Bonchev–Trinajstić information content (AvgIpc) is 2.42. The van der Waals surface area contributed by atoms with E-state index in [1.807, 2.05) is 0 Å². The number of carbonyl (C=O) groups excluding carboxylic acids is 1. The summed E-state index contributed by atoms with van der Waals surface area (Å²) in [6.07, 6.45) is 1.45. The summed E-state index contributed by atoms with van der Waals surface area (Å²) >= 11 is 15.2. The molecular formula is C13H10BrCl2N3O. The lowest BCUT2D eigenvalue weighted by Gasteiger charge is -2.09. The number of halogens is 3. The third kappa shape index (κ3) is 3.42. The molecule has 0 aliphatic carbocycles. The van der Waals surface area contributed by atoms with Crippen molar-refractivity contribution < 1.29 is 4.79 Å². The molecule has 1 heterocycles. The van der Waals surface area contributed by atoms with E-state index in [0.717, 1.165) is 4.47 Å². The minimum Gasteiger partial charge on any atom is -0.372 e. The van der Waals surface area contributed by atoms with E-state index >= 15 is 0 Å². The Labute approximate surface area is 134 Å². The molecule has 0 saturated carbocycles. The molecule has 7 heteroatoms. The second-order valence-corrected chi connectivity index (χ2v) is 5.58. The predicted molar refractivity (Wildman–Crippen MR) is 85.9 cm³/mol. The van der Waals surface area contributed by atoms with Crippen LogP contribution in [0.5, 0.6) is 0 Å². The summed E-state index contributed by atoms with van der Waals surface area (Å²) in [6.45, 7) is 0. The number of aromatic nitrogens is 1. The zero-order valence-electron chi connectivity index (χ0n) is 10.4. The fraction of sp³-hybridized carbons (Fsp3) is 0.0769. The van der Waals surface area contributed by atoms with Crippen LogP contribution in [0.4, 0.5) is 11.5 Å². The van der Waals surface area contributed by atoms with Crippen molar-refractivity contribution in [2.75, 3.05) is 17.7 Å². The van der Waals surface area contributed by atoms with E-state index in [0.29, 0.717) is 27.1 Å². The van der Waals surface area contributed by atoms with Crippen LogP contribution in [0, 0.1) is 0 Å². The van der Waals surface area contributed by atoms with E-state index < -0.39 is 0 Å². The fourth-order valence-electron chi connectivity index (χ4n) is 1.53. The number of nitrogens with zero attached hydrogens (tertiary/aromatic N) is 1. The number of benzene rings is 1. The zero-order chi connectivity index (χ0) is 14.7. The maximum Gasteiger partial charge on any atom is 0.257 e. The van der Waals surface area contributed by atoms with Crippen molar-refractivity contribution in [2.45, 2.75) is 0 Å². The van der Waals surface area contributed by atoms with Crippen LogP contribution in [0.2, 0.25) is 10.0 Å². The summed E-state index contributed by atoms with van der Waals surface area (Å²) in [7, 11) is 1.71. The monoisotopic (exact) mass is 373 g/mol. The molecule has 0 spiro atoms. The van der Waals surface area contributed by atoms with E-state index in [1.165, 1.54) is 6.20 Å². The zero-order valence-corrected chi connectivity index (χ0v) is 13.5. The first-order valence-corrected chi connectivity index (χ1v) is 7.16. The van der Waals surface area contributed by atoms with Gasteiger partial charge in [-0.25, -0.2) is 4.98 Å². The Bertz CT molecular complexity index is 664. The van der Waals surface area contributed by atoms with Gasteiger partial charge in [0, 0.05) is 22.7 Å². The molecule has 1 aromatic heterocycles. The molecular weight excluding hydrogens is 365 g/mol. The van der Waals surface area contributed by atoms with Gasteiger partial charge in [-0.05, 0) is 40.2 Å². The molecule has 2 N–H and O–H groups in total. The van der Waals surface area contributed by atoms with E-state index in [9.17, 15) is 4.79 Å². The van der Waals surface area contributed by atoms with Gasteiger partial charge in [0.2, 0.25) is 0 Å². The average molecular weight is 375 g/mol. The summed E-state index contributed by atoms with van der Waals surface area (Å²) in [5.41, 5.74) is 0.942. The summed E-state index contributed by atoms with van der Waals surface area (Å²) in [5, 5.41) is 6.48. The van der Waals surface area contributed by atoms with Crippen molar-refractivity contribution in [3.8, 4) is 0 Å². The number of hydrogen-bond acceptors (Lipinski definition) is 3. The standard InChI is InChI=1S/C13H10BrCl2N3O/c1-17-12-10(16)4-7(6-18-12)13(20)19-11-5-8(15)2-3-9(11)14/h2-6H,1H3,(H,17,18)(H,19,20). The Morgan fingerprint density at radius 3 is 2.70 bits per heavy atom. The molecule has 4 nitrogen and oxygen atoms in total. The van der Waals surface area contributed by atoms with Gasteiger partial charge in [0.1, 0.15) is 5.82 Å². The van der Waals surface area contributed by atoms with Crippen LogP contribution < -0.4 is 10.6 Å². The third-order valence-electron chi connectivity index (χ3n) is 2.52. The van der Waals surface area contributed by atoms with Crippen molar-refractivity contribution in [1.29, 1.82) is 0 Å². The molecule has 2 aromatic rings. The van der Waals surface area contributed by atoms with Crippen LogP contribution in [0.25, 0.3) is 0 Å². The number of nitrogens with one attached hydrogen (secondary N) is 2. The Kier molecular flexibility index (Phi) is 4.86. The van der Waals surface area contributed by atoms with E-state index in [4.69, 9.17) is 23.2 Å². The maximum absolute atomic E-state index is 12.1. The summed E-state index contributed by atoms with van der Waals surface area (Å²) in [4.78, 5) is 16.2. The second kappa shape index (κ2) is 6.43. The molecule has 0 unspecified atom stereocenters. The molecule has 0 aliphatic rings. The van der Waals surface area contributed by atoms with Gasteiger partial charge in [0.25, 0.3) is 5.91 Å². The minimum atomic E-state index is -0.315. The predicted octanol–water partition coefficient (Wildman–Crippen LogP) is 4.44. The second-order valence-electron chi connectivity index (χ2n) is 3.88. The van der Waals surface area contributed by atoms with Gasteiger partial charge in [-0.15, -0.1) is 0 Å². The van der Waals surface area contributed by atoms with Crippen LogP contribution in [-0.2, 0) is 0 Å². The molecule has 0 bridgehead atoms. The highest BCUT2D eigenvalue weighted by Gasteiger charge is 2.11. The normalized spacial score (nSPS) is 10.2. The van der Waals surface area contributed by atoms with Gasteiger partial charge in [-0.1, -0.05) is 23.2 Å². The molecule has 0 fully saturated rings. The summed E-state index contributed by atoms with van der Waals surface area (Å²) in [6, 6.07) is 6.68. The SMILES string of the molecule is CNc1ncc(C(=O)Nc2cc(Cl)ccc2Br)cc1Cl. The Hall–Kier alpha value is -1.30. The number of carbonyl (C=O) groups is 1. The Balaban J connectivity index is 2.24. The number of anilines is 2. The van der Waals surface area contributed by atoms with Crippen molar-refractivity contribution in [3.05, 3.63) is 50.5 Å². The lowest BCUT2D eigenvalue weighted by atomic mass is 10.2. The third-order valence-corrected chi connectivity index (χ3v) is 3.73. The van der Waals surface area contributed by atoms with E-state index in [-0.39, 0.29) is 5.91 Å². The van der Waals surface area contributed by atoms with Crippen LogP contribution in [0.15, 0.2) is 34.9 Å². The van der Waals surface area contributed by atoms with Gasteiger partial charge >= 0.3 is 0 Å². The lowest BCUT2D eigenvalue weighted by molar-refractivity contribution is 0.102. The molecule has 0 saturated heterocycles. The molecule has 20 heavy (non-hydrogen) atoms. The number of rotatable bonds is 3. The molecule has 0 aliphatic heterocycles. The van der Waals surface area contributed by atoms with Crippen LogP contribution >= 0.6 is 39.1 Å². The van der Waals surface area contributed by atoms with Crippen molar-refractivity contribution in [1.82, 2.24) is 4.98 Å². The van der Waals surface area contributed by atoms with E-state index in [1.54, 1.807) is 31.3 Å².